The molecule has 0 aliphatic carbocycles. The molecule has 0 saturated carbocycles. The van der Waals surface area contributed by atoms with Crippen LogP contribution in [0.2, 0.25) is 0 Å². The third-order valence-electron chi connectivity index (χ3n) is 6.33. The number of unbranched alkanes of at least 4 members (excludes halogenated alkanes) is 18. The van der Waals surface area contributed by atoms with Crippen LogP contribution >= 0.6 is 0 Å². The molecule has 0 unspecified atom stereocenters. The summed E-state index contributed by atoms with van der Waals surface area (Å²) in [6.45, 7) is 4.51. The molecule has 0 aromatic carbocycles. The fourth-order valence-corrected chi connectivity index (χ4v) is 4.03. The van der Waals surface area contributed by atoms with Crippen molar-refractivity contribution in [1.29, 1.82) is 0 Å². The number of rotatable bonds is 26. The van der Waals surface area contributed by atoms with Gasteiger partial charge in [0.2, 0.25) is 0 Å². The van der Waals surface area contributed by atoms with E-state index in [-0.39, 0.29) is 32.3 Å². The topological polar surface area (TPSA) is 74.6 Å². The first-order valence-corrected chi connectivity index (χ1v) is 15.3. The third-order valence-corrected chi connectivity index (χ3v) is 6.33. The number of carbonyl (C=O) groups is 2. The predicted molar refractivity (Wildman–Crippen MR) is 156 cm³/mol. The fraction of sp³-hybridized carbons (Fsp3) is 0.812. The Balaban J connectivity index is -0.000000608. The van der Waals surface area contributed by atoms with Gasteiger partial charge < -0.3 is 10.2 Å². The average molecular weight is 574 g/mol. The van der Waals surface area contributed by atoms with E-state index in [1.165, 1.54) is 116 Å². The Morgan fingerprint density at radius 2 is 0.676 bits per heavy atom. The van der Waals surface area contributed by atoms with Gasteiger partial charge in [-0.1, -0.05) is 141 Å². The number of hydrogen-bond donors (Lipinski definition) is 2. The molecule has 0 fully saturated rings. The van der Waals surface area contributed by atoms with Crippen molar-refractivity contribution in [2.24, 2.45) is 0 Å². The Kier molecular flexibility index (Phi) is 40.8. The minimum Gasteiger partial charge on any atom is -0.481 e. The number of carboxylic acids is 2. The van der Waals surface area contributed by atoms with Crippen LogP contribution in [0.4, 0.5) is 0 Å². The zero-order valence-electron chi connectivity index (χ0n) is 24.7. The molecule has 0 saturated heterocycles. The van der Waals surface area contributed by atoms with E-state index in [0.717, 1.165) is 12.8 Å². The van der Waals surface area contributed by atoms with E-state index < -0.39 is 11.9 Å². The van der Waals surface area contributed by atoms with E-state index in [1.54, 1.807) is 0 Å². The molecule has 0 bridgehead atoms. The van der Waals surface area contributed by atoms with Crippen LogP contribution in [0.1, 0.15) is 168 Å². The second-order valence-electron chi connectivity index (χ2n) is 10.0. The maximum Gasteiger partial charge on any atom is 0.303 e. The summed E-state index contributed by atoms with van der Waals surface area (Å²) in [4.78, 5) is 20.5. The van der Waals surface area contributed by atoms with E-state index >= 15 is 0 Å². The number of aliphatic carboxylic acids is 2. The number of carboxylic acid groups (broad SMARTS) is 2. The Labute approximate surface area is 242 Å². The van der Waals surface area contributed by atoms with Crippen molar-refractivity contribution in [3.63, 3.8) is 0 Å². The third kappa shape index (κ3) is 45.4. The Morgan fingerprint density at radius 1 is 0.432 bits per heavy atom. The van der Waals surface area contributed by atoms with Crippen LogP contribution in [-0.2, 0) is 29.1 Å². The normalized spacial score (nSPS) is 10.9. The molecular formula is C32H60O4Zn. The van der Waals surface area contributed by atoms with E-state index in [1.807, 2.05) is 12.2 Å². The zero-order valence-corrected chi connectivity index (χ0v) is 27.7. The molecule has 5 heteroatoms. The van der Waals surface area contributed by atoms with Gasteiger partial charge in [0.15, 0.2) is 0 Å². The molecule has 0 aliphatic rings. The molecule has 2 N–H and O–H groups in total. The quantitative estimate of drug-likeness (QED) is 0.0613. The molecule has 0 aromatic heterocycles. The molecule has 0 spiro atoms. The zero-order chi connectivity index (χ0) is 27.0. The van der Waals surface area contributed by atoms with Crippen LogP contribution in [-0.4, -0.2) is 22.2 Å². The number of hydrogen-bond acceptors (Lipinski definition) is 2. The van der Waals surface area contributed by atoms with Crippen molar-refractivity contribution in [3.8, 4) is 0 Å². The average Bonchev–Trinajstić information content (AvgIpc) is 2.85. The molecule has 214 valence electrons. The largest absolute Gasteiger partial charge is 0.481 e. The molecule has 0 atom stereocenters. The molecule has 0 amide bonds. The number of allylic oxidation sites excluding steroid dienone is 4. The maximum absolute atomic E-state index is 10.3. The minimum absolute atomic E-state index is 0. The van der Waals surface area contributed by atoms with Gasteiger partial charge in [-0.05, 0) is 38.5 Å². The fourth-order valence-electron chi connectivity index (χ4n) is 4.03. The van der Waals surface area contributed by atoms with E-state index in [0.29, 0.717) is 12.8 Å². The smallest absolute Gasteiger partial charge is 0.303 e. The van der Waals surface area contributed by atoms with Gasteiger partial charge >= 0.3 is 11.9 Å². The summed E-state index contributed by atoms with van der Waals surface area (Å²) in [6.07, 6.45) is 36.8. The van der Waals surface area contributed by atoms with Crippen LogP contribution in [0, 0.1) is 0 Å². The van der Waals surface area contributed by atoms with Gasteiger partial charge in [0, 0.05) is 32.3 Å². The summed E-state index contributed by atoms with van der Waals surface area (Å²) in [6, 6.07) is 0. The van der Waals surface area contributed by atoms with Crippen LogP contribution < -0.4 is 0 Å². The first-order chi connectivity index (χ1) is 17.5. The van der Waals surface area contributed by atoms with Crippen LogP contribution in [0.5, 0.6) is 0 Å². The van der Waals surface area contributed by atoms with Crippen molar-refractivity contribution < 1.29 is 39.3 Å². The maximum atomic E-state index is 10.3. The minimum atomic E-state index is -0.706. The summed E-state index contributed by atoms with van der Waals surface area (Å²) < 4.78 is 0. The first kappa shape index (κ1) is 40.5. The first-order valence-electron chi connectivity index (χ1n) is 15.3. The van der Waals surface area contributed by atoms with Gasteiger partial charge in [0.1, 0.15) is 0 Å². The van der Waals surface area contributed by atoms with Crippen LogP contribution in [0.25, 0.3) is 0 Å². The standard InChI is InChI=1S/2C16H30O2.Zn/c2*1-2-3-4-5-6-7-8-9-10-11-12-13-14-15-16(17)18;/h2*12-13H,2-11,14-15H2,1H3,(H,17,18);. The Morgan fingerprint density at radius 3 is 0.946 bits per heavy atom. The van der Waals surface area contributed by atoms with Gasteiger partial charge in [0.05, 0.1) is 0 Å². The van der Waals surface area contributed by atoms with Gasteiger partial charge in [-0.15, -0.1) is 0 Å². The Bertz CT molecular complexity index is 471. The second kappa shape index (κ2) is 37.2. The van der Waals surface area contributed by atoms with Gasteiger partial charge in [-0.25, -0.2) is 0 Å². The Hall–Kier alpha value is -0.957. The van der Waals surface area contributed by atoms with Crippen molar-refractivity contribution >= 4 is 11.9 Å². The van der Waals surface area contributed by atoms with Crippen LogP contribution in [0.3, 0.4) is 0 Å². The molecule has 0 aliphatic heterocycles. The van der Waals surface area contributed by atoms with Gasteiger partial charge in [0.25, 0.3) is 0 Å². The second-order valence-corrected chi connectivity index (χ2v) is 10.0. The molecule has 37 heavy (non-hydrogen) atoms. The monoisotopic (exact) mass is 572 g/mol. The molecule has 0 aromatic rings. The summed E-state index contributed by atoms with van der Waals surface area (Å²) in [5, 5.41) is 16.9. The van der Waals surface area contributed by atoms with Crippen LogP contribution in [0.15, 0.2) is 24.3 Å². The summed E-state index contributed by atoms with van der Waals surface area (Å²) >= 11 is 0. The molecule has 0 heterocycles. The van der Waals surface area contributed by atoms with E-state index in [2.05, 4.69) is 26.0 Å². The van der Waals surface area contributed by atoms with Crippen molar-refractivity contribution in [2.75, 3.05) is 0 Å². The summed E-state index contributed by atoms with van der Waals surface area (Å²) in [5.41, 5.74) is 0. The van der Waals surface area contributed by atoms with E-state index in [4.69, 9.17) is 10.2 Å². The molecule has 0 rings (SSSR count). The van der Waals surface area contributed by atoms with Crippen molar-refractivity contribution in [2.45, 2.75) is 168 Å². The predicted octanol–water partition coefficient (Wildman–Crippen LogP) is 10.7. The van der Waals surface area contributed by atoms with Gasteiger partial charge in [-0.3, -0.25) is 9.59 Å². The summed E-state index contributed by atoms with van der Waals surface area (Å²) in [7, 11) is 0. The summed E-state index contributed by atoms with van der Waals surface area (Å²) in [5.74, 6) is -1.41. The van der Waals surface area contributed by atoms with Crippen molar-refractivity contribution in [1.82, 2.24) is 0 Å². The van der Waals surface area contributed by atoms with Crippen molar-refractivity contribution in [3.05, 3.63) is 24.3 Å². The SMILES string of the molecule is CCCCCCCCCCCC=CCCC(=O)O.CCCCCCCCCCCC=CCCC(=O)O.[Zn]. The molecule has 0 radical (unpaired) electrons. The molecular weight excluding hydrogens is 514 g/mol. The van der Waals surface area contributed by atoms with Gasteiger partial charge in [-0.2, -0.15) is 0 Å². The molecule has 4 nitrogen and oxygen atoms in total. The van der Waals surface area contributed by atoms with E-state index in [9.17, 15) is 9.59 Å².